The zero-order chi connectivity index (χ0) is 12.1. The van der Waals surface area contributed by atoms with Crippen molar-refractivity contribution in [1.82, 2.24) is 4.98 Å². The fraction of sp³-hybridized carbons (Fsp3) is 0.308. The van der Waals surface area contributed by atoms with Gasteiger partial charge in [0.1, 0.15) is 10.8 Å². The van der Waals surface area contributed by atoms with E-state index in [1.165, 1.54) is 0 Å². The molecule has 0 saturated heterocycles. The molecule has 1 aromatic carbocycles. The van der Waals surface area contributed by atoms with Crippen LogP contribution in [0.25, 0.3) is 0 Å². The summed E-state index contributed by atoms with van der Waals surface area (Å²) in [6.07, 6.45) is 0. The second-order valence-corrected chi connectivity index (χ2v) is 4.64. The Morgan fingerprint density at radius 1 is 1.41 bits per heavy atom. The van der Waals surface area contributed by atoms with Gasteiger partial charge in [-0.2, -0.15) is 0 Å². The number of thiazole rings is 1. The molecule has 4 heteroatoms. The maximum absolute atomic E-state index is 5.45. The highest BCUT2D eigenvalue weighted by Gasteiger charge is 1.99. The summed E-state index contributed by atoms with van der Waals surface area (Å²) in [5, 5.41) is 6.51. The van der Waals surface area contributed by atoms with Crippen molar-refractivity contribution in [3.8, 4) is 5.75 Å². The Hall–Kier alpha value is -1.55. The van der Waals surface area contributed by atoms with Crippen molar-refractivity contribution in [2.24, 2.45) is 0 Å². The lowest BCUT2D eigenvalue weighted by Crippen LogP contribution is -1.99. The molecule has 3 nitrogen and oxygen atoms in total. The van der Waals surface area contributed by atoms with Crippen LogP contribution in [0.15, 0.2) is 29.6 Å². The summed E-state index contributed by atoms with van der Waals surface area (Å²) in [5.41, 5.74) is 2.14. The second-order valence-electron chi connectivity index (χ2n) is 3.70. The average molecular weight is 248 g/mol. The molecule has 1 heterocycles. The Morgan fingerprint density at radius 2 is 2.29 bits per heavy atom. The normalized spacial score (nSPS) is 10.2. The predicted octanol–water partition coefficient (Wildman–Crippen LogP) is 3.46. The molecule has 0 fully saturated rings. The third kappa shape index (κ3) is 3.46. The minimum absolute atomic E-state index is 0.690. The maximum atomic E-state index is 5.45. The van der Waals surface area contributed by atoms with Gasteiger partial charge in [0.05, 0.1) is 13.2 Å². The number of hydrogen-bond acceptors (Lipinski definition) is 4. The van der Waals surface area contributed by atoms with Crippen molar-refractivity contribution in [1.29, 1.82) is 0 Å². The number of nitrogens with zero attached hydrogens (tertiary/aromatic N) is 1. The van der Waals surface area contributed by atoms with Gasteiger partial charge >= 0.3 is 0 Å². The van der Waals surface area contributed by atoms with Crippen molar-refractivity contribution in [2.75, 3.05) is 11.9 Å². The van der Waals surface area contributed by atoms with Gasteiger partial charge < -0.3 is 10.1 Å². The van der Waals surface area contributed by atoms with Gasteiger partial charge in [-0.1, -0.05) is 6.07 Å². The molecule has 0 aliphatic heterocycles. The lowest BCUT2D eigenvalue weighted by atomic mass is 10.3. The smallest absolute Gasteiger partial charge is 0.121 e. The summed E-state index contributed by atoms with van der Waals surface area (Å²) in [6.45, 7) is 5.44. The molecule has 2 rings (SSSR count). The van der Waals surface area contributed by atoms with E-state index in [9.17, 15) is 0 Å². The van der Waals surface area contributed by atoms with E-state index in [0.29, 0.717) is 6.61 Å². The number of rotatable bonds is 5. The summed E-state index contributed by atoms with van der Waals surface area (Å²) < 4.78 is 5.45. The number of anilines is 1. The van der Waals surface area contributed by atoms with Crippen molar-refractivity contribution >= 4 is 17.0 Å². The number of ether oxygens (including phenoxy) is 1. The highest BCUT2D eigenvalue weighted by molar-refractivity contribution is 7.09. The van der Waals surface area contributed by atoms with Crippen LogP contribution in [-0.4, -0.2) is 11.6 Å². The van der Waals surface area contributed by atoms with E-state index >= 15 is 0 Å². The van der Waals surface area contributed by atoms with Crippen molar-refractivity contribution in [3.63, 3.8) is 0 Å². The molecule has 0 spiro atoms. The SMILES string of the molecule is CCOc1cccc(NCc2nc(C)cs2)c1. The monoisotopic (exact) mass is 248 g/mol. The third-order valence-electron chi connectivity index (χ3n) is 2.26. The highest BCUT2D eigenvalue weighted by atomic mass is 32.1. The molecule has 0 amide bonds. The molecule has 0 unspecified atom stereocenters. The summed E-state index contributed by atoms with van der Waals surface area (Å²) in [4.78, 5) is 4.41. The lowest BCUT2D eigenvalue weighted by Gasteiger charge is -2.07. The van der Waals surface area contributed by atoms with Crippen molar-refractivity contribution in [2.45, 2.75) is 20.4 Å². The highest BCUT2D eigenvalue weighted by Crippen LogP contribution is 2.18. The molecule has 0 aliphatic carbocycles. The molecular weight excluding hydrogens is 232 g/mol. The largest absolute Gasteiger partial charge is 0.494 e. The molecule has 90 valence electrons. The molecular formula is C13H16N2OS. The second kappa shape index (κ2) is 5.68. The van der Waals surface area contributed by atoms with Crippen LogP contribution >= 0.6 is 11.3 Å². The Morgan fingerprint density at radius 3 is 3.00 bits per heavy atom. The number of benzene rings is 1. The zero-order valence-electron chi connectivity index (χ0n) is 10.1. The summed E-state index contributed by atoms with van der Waals surface area (Å²) in [7, 11) is 0. The predicted molar refractivity (Wildman–Crippen MR) is 71.8 cm³/mol. The van der Waals surface area contributed by atoms with Gasteiger partial charge in [0, 0.05) is 22.8 Å². The fourth-order valence-electron chi connectivity index (χ4n) is 1.52. The van der Waals surface area contributed by atoms with Gasteiger partial charge in [-0.15, -0.1) is 11.3 Å². The van der Waals surface area contributed by atoms with E-state index in [-0.39, 0.29) is 0 Å². The number of hydrogen-bond donors (Lipinski definition) is 1. The first kappa shape index (κ1) is 11.9. The van der Waals surface area contributed by atoms with Crippen LogP contribution in [0.1, 0.15) is 17.6 Å². The molecule has 2 aromatic rings. The van der Waals surface area contributed by atoms with Gasteiger partial charge in [0.15, 0.2) is 0 Å². The summed E-state index contributed by atoms with van der Waals surface area (Å²) in [6, 6.07) is 7.98. The molecule has 0 atom stereocenters. The minimum Gasteiger partial charge on any atom is -0.494 e. The standard InChI is InChI=1S/C13H16N2OS/c1-3-16-12-6-4-5-11(7-12)14-8-13-15-10(2)9-17-13/h4-7,9,14H,3,8H2,1-2H3. The van der Waals surface area contributed by atoms with Crippen LogP contribution in [0.2, 0.25) is 0 Å². The Balaban J connectivity index is 1.96. The van der Waals surface area contributed by atoms with E-state index in [1.54, 1.807) is 11.3 Å². The van der Waals surface area contributed by atoms with Gasteiger partial charge in [-0.05, 0) is 26.0 Å². The van der Waals surface area contributed by atoms with Crippen LogP contribution in [0.4, 0.5) is 5.69 Å². The number of aryl methyl sites for hydroxylation is 1. The molecule has 1 aromatic heterocycles. The van der Waals surface area contributed by atoms with E-state index in [4.69, 9.17) is 4.74 Å². The Kier molecular flexibility index (Phi) is 3.98. The van der Waals surface area contributed by atoms with Crippen LogP contribution in [-0.2, 0) is 6.54 Å². The quantitative estimate of drug-likeness (QED) is 0.879. The molecule has 0 aliphatic rings. The zero-order valence-corrected chi connectivity index (χ0v) is 10.9. The third-order valence-corrected chi connectivity index (χ3v) is 3.22. The van der Waals surface area contributed by atoms with E-state index in [0.717, 1.165) is 28.7 Å². The van der Waals surface area contributed by atoms with Crippen LogP contribution < -0.4 is 10.1 Å². The van der Waals surface area contributed by atoms with Crippen LogP contribution in [0, 0.1) is 6.92 Å². The first-order valence-electron chi connectivity index (χ1n) is 5.65. The molecule has 0 radical (unpaired) electrons. The summed E-state index contributed by atoms with van der Waals surface area (Å²) >= 11 is 1.68. The van der Waals surface area contributed by atoms with Crippen molar-refractivity contribution < 1.29 is 4.74 Å². The van der Waals surface area contributed by atoms with Crippen molar-refractivity contribution in [3.05, 3.63) is 40.3 Å². The molecule has 0 saturated carbocycles. The Bertz CT molecular complexity index is 482. The van der Waals surface area contributed by atoms with Crippen LogP contribution in [0.3, 0.4) is 0 Å². The maximum Gasteiger partial charge on any atom is 0.121 e. The topological polar surface area (TPSA) is 34.1 Å². The lowest BCUT2D eigenvalue weighted by molar-refractivity contribution is 0.340. The molecule has 1 N–H and O–H groups in total. The van der Waals surface area contributed by atoms with Gasteiger partial charge in [-0.25, -0.2) is 4.98 Å². The van der Waals surface area contributed by atoms with E-state index in [2.05, 4.69) is 15.7 Å². The number of aromatic nitrogens is 1. The van der Waals surface area contributed by atoms with Crippen LogP contribution in [0.5, 0.6) is 5.75 Å². The Labute approximate surface area is 105 Å². The minimum atomic E-state index is 0.690. The van der Waals surface area contributed by atoms with Gasteiger partial charge in [-0.3, -0.25) is 0 Å². The molecule has 17 heavy (non-hydrogen) atoms. The first-order chi connectivity index (χ1) is 8.28. The van der Waals surface area contributed by atoms with Gasteiger partial charge in [0.2, 0.25) is 0 Å². The van der Waals surface area contributed by atoms with Gasteiger partial charge in [0.25, 0.3) is 0 Å². The summed E-state index contributed by atoms with van der Waals surface area (Å²) in [5.74, 6) is 0.896. The average Bonchev–Trinajstić information content (AvgIpc) is 2.74. The first-order valence-corrected chi connectivity index (χ1v) is 6.53. The van der Waals surface area contributed by atoms with E-state index < -0.39 is 0 Å². The molecule has 0 bridgehead atoms. The fourth-order valence-corrected chi connectivity index (χ4v) is 2.24. The number of nitrogens with one attached hydrogen (secondary N) is 1. The van der Waals surface area contributed by atoms with E-state index in [1.807, 2.05) is 38.1 Å².